The lowest BCUT2D eigenvalue weighted by atomic mass is 10.8. The maximum atomic E-state index is 9.97. The molecule has 52 valence electrons. The molecule has 0 aromatic rings. The van der Waals surface area contributed by atoms with Crippen molar-refractivity contribution in [3.8, 4) is 0 Å². The molecule has 0 saturated carbocycles. The number of nitrogens with two attached hydrogens (primary N) is 1. The molecule has 0 rings (SSSR count). The smallest absolute Gasteiger partial charge is 0.320 e. The number of amidine groups is 1. The van der Waals surface area contributed by atoms with Crippen LogP contribution in [0.25, 0.3) is 0 Å². The topological polar surface area (TPSA) is 88.2 Å². The summed E-state index contributed by atoms with van der Waals surface area (Å²) >= 11 is 0. The molecule has 5 heteroatoms. The minimum atomic E-state index is -0.784. The van der Waals surface area contributed by atoms with Gasteiger partial charge in [0, 0.05) is 0 Å². The van der Waals surface area contributed by atoms with Gasteiger partial charge in [-0.1, -0.05) is 0 Å². The molecule has 0 aliphatic carbocycles. The highest BCUT2D eigenvalue weighted by Crippen LogP contribution is 1.70. The molecule has 0 aliphatic heterocycles. The van der Waals surface area contributed by atoms with Crippen LogP contribution in [-0.2, 0) is 4.74 Å². The third-order valence-electron chi connectivity index (χ3n) is 0.525. The van der Waals surface area contributed by atoms with Crippen LogP contribution in [0.5, 0.6) is 0 Å². The van der Waals surface area contributed by atoms with Gasteiger partial charge in [0.25, 0.3) is 6.02 Å². The highest BCUT2D eigenvalue weighted by atomic mass is 16.5. The van der Waals surface area contributed by atoms with Crippen LogP contribution >= 0.6 is 0 Å². The number of carbonyl (C=O) groups is 1. The number of primary amides is 1. The van der Waals surface area contributed by atoms with E-state index in [0.29, 0.717) is 6.61 Å². The van der Waals surface area contributed by atoms with E-state index in [4.69, 9.17) is 5.41 Å². The lowest BCUT2D eigenvalue weighted by molar-refractivity contribution is 0.247. The molecule has 4 N–H and O–H groups in total. The van der Waals surface area contributed by atoms with E-state index in [1.165, 1.54) is 0 Å². The van der Waals surface area contributed by atoms with Crippen molar-refractivity contribution in [1.29, 1.82) is 5.41 Å². The van der Waals surface area contributed by atoms with Gasteiger partial charge in [-0.15, -0.1) is 0 Å². The summed E-state index contributed by atoms with van der Waals surface area (Å²) in [4.78, 5) is 9.97. The number of ether oxygens (including phenoxy) is 1. The molecule has 9 heavy (non-hydrogen) atoms. The van der Waals surface area contributed by atoms with E-state index < -0.39 is 6.03 Å². The van der Waals surface area contributed by atoms with Gasteiger partial charge in [-0.3, -0.25) is 10.7 Å². The zero-order valence-corrected chi connectivity index (χ0v) is 5.10. The van der Waals surface area contributed by atoms with Gasteiger partial charge in [0.05, 0.1) is 6.61 Å². The molecule has 5 nitrogen and oxygen atoms in total. The van der Waals surface area contributed by atoms with Crippen LogP contribution in [0.15, 0.2) is 0 Å². The Morgan fingerprint density at radius 1 is 1.89 bits per heavy atom. The minimum absolute atomic E-state index is 0.315. The first-order valence-corrected chi connectivity index (χ1v) is 2.44. The Morgan fingerprint density at radius 3 is 2.78 bits per heavy atom. The summed E-state index contributed by atoms with van der Waals surface area (Å²) < 4.78 is 4.52. The zero-order valence-electron chi connectivity index (χ0n) is 5.10. The Kier molecular flexibility index (Phi) is 3.19. The van der Waals surface area contributed by atoms with Gasteiger partial charge in [-0.25, -0.2) is 4.79 Å². The van der Waals surface area contributed by atoms with Crippen LogP contribution in [-0.4, -0.2) is 18.7 Å². The summed E-state index contributed by atoms with van der Waals surface area (Å²) in [6, 6.07) is -1.10. The van der Waals surface area contributed by atoms with Gasteiger partial charge in [0.2, 0.25) is 0 Å². The average molecular weight is 131 g/mol. The van der Waals surface area contributed by atoms with Crippen LogP contribution in [0.3, 0.4) is 0 Å². The molecule has 0 atom stereocenters. The van der Waals surface area contributed by atoms with Gasteiger partial charge in [-0.2, -0.15) is 0 Å². The Morgan fingerprint density at radius 2 is 2.44 bits per heavy atom. The van der Waals surface area contributed by atoms with Gasteiger partial charge >= 0.3 is 6.03 Å². The summed E-state index contributed by atoms with van der Waals surface area (Å²) in [6.45, 7) is 2.05. The number of carbonyl (C=O) groups excluding carboxylic acids is 1. The molecular formula is C4H9N3O2. The largest absolute Gasteiger partial charge is 0.465 e. The van der Waals surface area contributed by atoms with E-state index in [1.54, 1.807) is 6.92 Å². The lowest BCUT2D eigenvalue weighted by Gasteiger charge is -2.01. The van der Waals surface area contributed by atoms with E-state index in [0.717, 1.165) is 0 Å². The Bertz CT molecular complexity index is 123. The van der Waals surface area contributed by atoms with Crippen molar-refractivity contribution in [2.45, 2.75) is 6.92 Å². The standard InChI is InChI=1S/C4H9N3O2/c1-2-9-4(6)7-3(5)8/h2H2,1H3,(H4,5,6,7,8). The van der Waals surface area contributed by atoms with E-state index in [9.17, 15) is 4.79 Å². The number of urea groups is 1. The SMILES string of the molecule is CCOC(=N)NC(N)=O. The third-order valence-corrected chi connectivity index (χ3v) is 0.525. The molecule has 0 aromatic carbocycles. The second-order valence-electron chi connectivity index (χ2n) is 1.25. The highest BCUT2D eigenvalue weighted by Gasteiger charge is 1.96. The van der Waals surface area contributed by atoms with Crippen LogP contribution in [0, 0.1) is 5.41 Å². The van der Waals surface area contributed by atoms with Crippen molar-refractivity contribution < 1.29 is 9.53 Å². The van der Waals surface area contributed by atoms with Gasteiger partial charge in [0.1, 0.15) is 0 Å². The first-order chi connectivity index (χ1) is 4.16. The van der Waals surface area contributed by atoms with E-state index in [-0.39, 0.29) is 6.02 Å². The Hall–Kier alpha value is -1.26. The number of hydrogen-bond acceptors (Lipinski definition) is 3. The summed E-state index contributed by atoms with van der Waals surface area (Å²) in [7, 11) is 0. The molecule has 0 unspecified atom stereocenters. The van der Waals surface area contributed by atoms with E-state index in [2.05, 4.69) is 10.5 Å². The first kappa shape index (κ1) is 7.74. The van der Waals surface area contributed by atoms with Gasteiger partial charge < -0.3 is 10.5 Å². The van der Waals surface area contributed by atoms with Gasteiger partial charge in [0.15, 0.2) is 0 Å². The average Bonchev–Trinajstić information content (AvgIpc) is 1.63. The molecule has 0 saturated heterocycles. The monoisotopic (exact) mass is 131 g/mol. The maximum Gasteiger partial charge on any atom is 0.320 e. The molecule has 0 radical (unpaired) electrons. The Balaban J connectivity index is 3.39. The minimum Gasteiger partial charge on any atom is -0.465 e. The fraction of sp³-hybridized carbons (Fsp3) is 0.500. The summed E-state index contributed by atoms with van der Waals surface area (Å²) in [5.74, 6) is 0. The second kappa shape index (κ2) is 3.71. The molecule has 0 spiro atoms. The van der Waals surface area contributed by atoms with Gasteiger partial charge in [-0.05, 0) is 6.92 Å². The van der Waals surface area contributed by atoms with Crippen molar-refractivity contribution in [1.82, 2.24) is 5.32 Å². The first-order valence-electron chi connectivity index (χ1n) is 2.44. The van der Waals surface area contributed by atoms with Crippen molar-refractivity contribution in [2.75, 3.05) is 6.61 Å². The van der Waals surface area contributed by atoms with Crippen LogP contribution in [0.4, 0.5) is 4.79 Å². The fourth-order valence-electron chi connectivity index (χ4n) is 0.292. The highest BCUT2D eigenvalue weighted by molar-refractivity contribution is 5.90. The molecule has 2 amide bonds. The molecule has 0 aliphatic rings. The number of nitrogens with one attached hydrogen (secondary N) is 2. The number of amides is 2. The van der Waals surface area contributed by atoms with Crippen LogP contribution < -0.4 is 11.1 Å². The normalized spacial score (nSPS) is 8.11. The summed E-state index contributed by atoms with van der Waals surface area (Å²) in [6.07, 6.45) is 0. The lowest BCUT2D eigenvalue weighted by Crippen LogP contribution is -2.35. The Labute approximate surface area is 52.7 Å². The maximum absolute atomic E-state index is 9.97. The van der Waals surface area contributed by atoms with E-state index in [1.807, 2.05) is 5.32 Å². The molecule has 0 fully saturated rings. The molecule has 0 heterocycles. The fourth-order valence-corrected chi connectivity index (χ4v) is 0.292. The summed E-state index contributed by atoms with van der Waals surface area (Å²) in [5.41, 5.74) is 4.65. The second-order valence-corrected chi connectivity index (χ2v) is 1.25. The van der Waals surface area contributed by atoms with Crippen LogP contribution in [0.2, 0.25) is 0 Å². The van der Waals surface area contributed by atoms with Crippen molar-refractivity contribution in [3.05, 3.63) is 0 Å². The molecule has 0 bridgehead atoms. The number of rotatable bonds is 1. The third kappa shape index (κ3) is 4.60. The predicted octanol–water partition coefficient (Wildman–Crippen LogP) is -0.374. The van der Waals surface area contributed by atoms with Crippen molar-refractivity contribution in [3.63, 3.8) is 0 Å². The molecule has 0 aromatic heterocycles. The van der Waals surface area contributed by atoms with Crippen LogP contribution in [0.1, 0.15) is 6.92 Å². The van der Waals surface area contributed by atoms with E-state index >= 15 is 0 Å². The van der Waals surface area contributed by atoms with Crippen molar-refractivity contribution in [2.24, 2.45) is 5.73 Å². The summed E-state index contributed by atoms with van der Waals surface area (Å²) in [5, 5.41) is 8.73. The zero-order chi connectivity index (χ0) is 7.28. The quantitative estimate of drug-likeness (QED) is 0.334. The number of hydrogen-bond donors (Lipinski definition) is 3. The molecular weight excluding hydrogens is 122 g/mol. The van der Waals surface area contributed by atoms with Crippen molar-refractivity contribution >= 4 is 12.1 Å². The predicted molar refractivity (Wildman–Crippen MR) is 32.1 cm³/mol.